The van der Waals surface area contributed by atoms with E-state index in [0.29, 0.717) is 28.6 Å². The van der Waals surface area contributed by atoms with Gasteiger partial charge in [0.2, 0.25) is 0 Å². The molecule has 172 valence electrons. The Bertz CT molecular complexity index is 853. The number of carboxylic acid groups (broad SMARTS) is 1. The summed E-state index contributed by atoms with van der Waals surface area (Å²) in [5.74, 6) is 2.11. The summed E-state index contributed by atoms with van der Waals surface area (Å²) < 4.78 is 0. The highest BCUT2D eigenvalue weighted by Gasteiger charge is 2.71. The molecule has 2 heteroatoms. The van der Waals surface area contributed by atoms with Crippen LogP contribution in [0.25, 0.3) is 0 Å². The van der Waals surface area contributed by atoms with Gasteiger partial charge in [-0.25, -0.2) is 0 Å². The lowest BCUT2D eigenvalue weighted by atomic mass is 9.34. The molecule has 2 nitrogen and oxygen atoms in total. The molecule has 5 aliphatic carbocycles. The van der Waals surface area contributed by atoms with Gasteiger partial charge in [-0.1, -0.05) is 58.9 Å². The van der Waals surface area contributed by atoms with Crippen molar-refractivity contribution in [1.29, 1.82) is 0 Å². The maximum absolute atomic E-state index is 12.7. The van der Waals surface area contributed by atoms with Crippen LogP contribution in [0, 0.1) is 56.7 Å². The highest BCUT2D eigenvalue weighted by molar-refractivity contribution is 5.76. The van der Waals surface area contributed by atoms with Crippen molar-refractivity contribution in [2.75, 3.05) is 0 Å². The lowest BCUT2D eigenvalue weighted by molar-refractivity contribution is -0.216. The first-order valence-electron chi connectivity index (χ1n) is 12.9. The summed E-state index contributed by atoms with van der Waals surface area (Å²) in [5.41, 5.74) is 1.82. The fourth-order valence-corrected chi connectivity index (χ4v) is 10.7. The molecular formula is C29H44O2. The minimum atomic E-state index is -0.522. The van der Waals surface area contributed by atoms with Crippen LogP contribution in [-0.4, -0.2) is 11.1 Å². The zero-order chi connectivity index (χ0) is 22.6. The zero-order valence-corrected chi connectivity index (χ0v) is 20.8. The Morgan fingerprint density at radius 1 is 0.871 bits per heavy atom. The van der Waals surface area contributed by atoms with Crippen LogP contribution in [0.5, 0.6) is 0 Å². The molecule has 1 N–H and O–H groups in total. The number of rotatable bonds is 2. The van der Waals surface area contributed by atoms with Gasteiger partial charge < -0.3 is 5.11 Å². The second-order valence-corrected chi connectivity index (χ2v) is 13.7. The monoisotopic (exact) mass is 424 g/mol. The summed E-state index contributed by atoms with van der Waals surface area (Å²) in [7, 11) is 0. The lowest BCUT2D eigenvalue weighted by Gasteiger charge is -2.70. The van der Waals surface area contributed by atoms with E-state index in [4.69, 9.17) is 0 Å². The summed E-state index contributed by atoms with van der Waals surface area (Å²) in [4.78, 5) is 12.7. The average molecular weight is 425 g/mol. The van der Waals surface area contributed by atoms with Crippen LogP contribution >= 0.6 is 0 Å². The average Bonchev–Trinajstić information content (AvgIpc) is 3.19. The van der Waals surface area contributed by atoms with Crippen molar-refractivity contribution in [2.24, 2.45) is 56.7 Å². The van der Waals surface area contributed by atoms with Gasteiger partial charge in [0.15, 0.2) is 0 Å². The molecule has 0 saturated heterocycles. The van der Waals surface area contributed by atoms with E-state index in [0.717, 1.165) is 31.6 Å². The van der Waals surface area contributed by atoms with E-state index in [1.54, 1.807) is 0 Å². The first-order chi connectivity index (χ1) is 14.3. The highest BCUT2D eigenvalue weighted by atomic mass is 16.4. The third-order valence-electron chi connectivity index (χ3n) is 12.4. The Morgan fingerprint density at radius 2 is 1.58 bits per heavy atom. The van der Waals surface area contributed by atoms with E-state index in [-0.39, 0.29) is 16.7 Å². The van der Waals surface area contributed by atoms with Crippen LogP contribution < -0.4 is 0 Å². The van der Waals surface area contributed by atoms with E-state index in [9.17, 15) is 9.90 Å². The summed E-state index contributed by atoms with van der Waals surface area (Å²) >= 11 is 0. The maximum Gasteiger partial charge on any atom is 0.309 e. The third-order valence-corrected chi connectivity index (χ3v) is 12.4. The molecule has 0 unspecified atom stereocenters. The van der Waals surface area contributed by atoms with E-state index >= 15 is 0 Å². The topological polar surface area (TPSA) is 37.3 Å². The van der Waals surface area contributed by atoms with Gasteiger partial charge in [0.05, 0.1) is 5.41 Å². The number of hydrogen-bond donors (Lipinski definition) is 1. The smallest absolute Gasteiger partial charge is 0.309 e. The van der Waals surface area contributed by atoms with Crippen LogP contribution in [0.4, 0.5) is 0 Å². The predicted octanol–water partition coefficient (Wildman–Crippen LogP) is 7.50. The van der Waals surface area contributed by atoms with Crippen LogP contribution in [0.15, 0.2) is 24.3 Å². The highest BCUT2D eigenvalue weighted by Crippen LogP contribution is 2.77. The SMILES string of the molecule is C=C(C)[C@@H]1CC[C@]2(C(=O)O)CC[C@]3(C)[C@H](CC[C@@H]4[C@@]5(C)C=CC(C)(C)[C@@H]5CC[C@]43C)[C@@H]12. The zero-order valence-electron chi connectivity index (χ0n) is 20.8. The van der Waals surface area contributed by atoms with Crippen molar-refractivity contribution < 1.29 is 9.90 Å². The molecule has 0 bridgehead atoms. The standard InChI is InChI=1S/C29H44O2/c1-18(2)19-10-13-29(24(30)31)17-16-27(6)20(23(19)29)8-9-22-26(5)15-14-25(3,4)21(26)11-12-28(22,27)7/h14-15,19-23H,1,8-13,16-17H2,2-7H3,(H,30,31)/t19-,20+,21-,22+,23+,26-,27+,28+,29-/m0/s1. The van der Waals surface area contributed by atoms with Crippen molar-refractivity contribution in [1.82, 2.24) is 0 Å². The number of carboxylic acids is 1. The molecule has 0 aliphatic heterocycles. The van der Waals surface area contributed by atoms with Crippen molar-refractivity contribution in [3.8, 4) is 0 Å². The molecule has 5 aliphatic rings. The molecule has 0 radical (unpaired) electrons. The summed E-state index contributed by atoms with van der Waals surface area (Å²) in [6.07, 6.45) is 14.0. The summed E-state index contributed by atoms with van der Waals surface area (Å²) in [6, 6.07) is 0. The van der Waals surface area contributed by atoms with Gasteiger partial charge in [0.1, 0.15) is 0 Å². The van der Waals surface area contributed by atoms with Gasteiger partial charge in [0.25, 0.3) is 0 Å². The Morgan fingerprint density at radius 3 is 2.23 bits per heavy atom. The molecule has 9 atom stereocenters. The van der Waals surface area contributed by atoms with Gasteiger partial charge in [-0.05, 0) is 110 Å². The van der Waals surface area contributed by atoms with E-state index < -0.39 is 11.4 Å². The van der Waals surface area contributed by atoms with Crippen molar-refractivity contribution >= 4 is 5.97 Å². The Labute approximate surface area is 190 Å². The molecule has 0 heterocycles. The van der Waals surface area contributed by atoms with Crippen molar-refractivity contribution in [3.05, 3.63) is 24.3 Å². The molecule has 31 heavy (non-hydrogen) atoms. The summed E-state index contributed by atoms with van der Waals surface area (Å²) in [6.45, 7) is 19.1. The van der Waals surface area contributed by atoms with Gasteiger partial charge in [-0.2, -0.15) is 0 Å². The second-order valence-electron chi connectivity index (χ2n) is 13.7. The number of hydrogen-bond acceptors (Lipinski definition) is 1. The molecule has 4 saturated carbocycles. The second kappa shape index (κ2) is 6.29. The van der Waals surface area contributed by atoms with Crippen molar-refractivity contribution in [2.45, 2.75) is 92.9 Å². The minimum absolute atomic E-state index is 0.228. The first-order valence-corrected chi connectivity index (χ1v) is 12.9. The lowest BCUT2D eigenvalue weighted by Crippen LogP contribution is -2.64. The van der Waals surface area contributed by atoms with Crippen LogP contribution in [-0.2, 0) is 4.79 Å². The Kier molecular flexibility index (Phi) is 4.42. The fourth-order valence-electron chi connectivity index (χ4n) is 10.7. The number of allylic oxidation sites excluding steroid dienone is 3. The Hall–Kier alpha value is -1.05. The normalized spacial score (nSPS) is 54.5. The number of aliphatic carboxylic acids is 1. The molecule has 0 aromatic rings. The van der Waals surface area contributed by atoms with Crippen LogP contribution in [0.1, 0.15) is 92.9 Å². The van der Waals surface area contributed by atoms with Gasteiger partial charge >= 0.3 is 5.97 Å². The molecule has 4 fully saturated rings. The van der Waals surface area contributed by atoms with Crippen molar-refractivity contribution in [3.63, 3.8) is 0 Å². The largest absolute Gasteiger partial charge is 0.481 e. The van der Waals surface area contributed by atoms with E-state index in [1.165, 1.54) is 31.3 Å². The maximum atomic E-state index is 12.7. The third kappa shape index (κ3) is 2.43. The Balaban J connectivity index is 1.58. The van der Waals surface area contributed by atoms with Gasteiger partial charge in [-0.3, -0.25) is 4.79 Å². The van der Waals surface area contributed by atoms with E-state index in [1.807, 2.05) is 0 Å². The van der Waals surface area contributed by atoms with Gasteiger partial charge in [-0.15, -0.1) is 0 Å². The molecular weight excluding hydrogens is 380 g/mol. The molecule has 0 spiro atoms. The van der Waals surface area contributed by atoms with E-state index in [2.05, 4.69) is 60.3 Å². The predicted molar refractivity (Wildman–Crippen MR) is 127 cm³/mol. The molecule has 0 aromatic heterocycles. The summed E-state index contributed by atoms with van der Waals surface area (Å²) in [5, 5.41) is 10.5. The molecule has 5 rings (SSSR count). The minimum Gasteiger partial charge on any atom is -0.481 e. The van der Waals surface area contributed by atoms with Crippen LogP contribution in [0.2, 0.25) is 0 Å². The number of fused-ring (bicyclic) bond motifs is 7. The molecule has 0 amide bonds. The quantitative estimate of drug-likeness (QED) is 0.466. The van der Waals surface area contributed by atoms with Gasteiger partial charge in [0, 0.05) is 0 Å². The van der Waals surface area contributed by atoms with Crippen LogP contribution in [0.3, 0.4) is 0 Å². The first kappa shape index (κ1) is 21.8. The number of carbonyl (C=O) groups is 1. The molecule has 0 aromatic carbocycles. The fraction of sp³-hybridized carbons (Fsp3) is 0.828.